The first-order chi connectivity index (χ1) is 10.1. The Kier molecular flexibility index (Phi) is 3.43. The number of nitriles is 1. The summed E-state index contributed by atoms with van der Waals surface area (Å²) in [5.74, 6) is 0. The third kappa shape index (κ3) is 2.64. The molecule has 2 heteroatoms. The molecule has 0 saturated carbocycles. The van der Waals surface area contributed by atoms with Crippen molar-refractivity contribution < 1.29 is 0 Å². The quantitative estimate of drug-likeness (QED) is 0.856. The highest BCUT2D eigenvalue weighted by atomic mass is 14.9. The van der Waals surface area contributed by atoms with Crippen molar-refractivity contribution in [3.63, 3.8) is 0 Å². The van der Waals surface area contributed by atoms with Gasteiger partial charge in [0.1, 0.15) is 0 Å². The molecular formula is C19H20N2. The van der Waals surface area contributed by atoms with Gasteiger partial charge in [-0.25, -0.2) is 0 Å². The average molecular weight is 276 g/mol. The predicted molar refractivity (Wildman–Crippen MR) is 86.2 cm³/mol. The van der Waals surface area contributed by atoms with Crippen LogP contribution in [0.1, 0.15) is 49.4 Å². The van der Waals surface area contributed by atoms with Gasteiger partial charge in [0.15, 0.2) is 0 Å². The van der Waals surface area contributed by atoms with Gasteiger partial charge in [0.05, 0.1) is 17.7 Å². The smallest absolute Gasteiger partial charge is 0.0991 e. The van der Waals surface area contributed by atoms with Gasteiger partial charge in [-0.15, -0.1) is 0 Å². The third-order valence-corrected chi connectivity index (χ3v) is 4.48. The highest BCUT2D eigenvalue weighted by Gasteiger charge is 2.32. The molecule has 3 rings (SSSR count). The number of hydrogen-bond acceptors (Lipinski definition) is 2. The van der Waals surface area contributed by atoms with Gasteiger partial charge >= 0.3 is 0 Å². The van der Waals surface area contributed by atoms with Gasteiger partial charge in [0.25, 0.3) is 0 Å². The van der Waals surface area contributed by atoms with E-state index in [0.29, 0.717) is 11.6 Å². The van der Waals surface area contributed by atoms with Crippen LogP contribution in [-0.4, -0.2) is 0 Å². The summed E-state index contributed by atoms with van der Waals surface area (Å²) in [7, 11) is 0. The predicted octanol–water partition coefficient (Wildman–Crippen LogP) is 4.78. The highest BCUT2D eigenvalue weighted by molar-refractivity contribution is 5.51. The lowest BCUT2D eigenvalue weighted by atomic mass is 9.71. The third-order valence-electron chi connectivity index (χ3n) is 4.48. The molecule has 0 spiro atoms. The van der Waals surface area contributed by atoms with E-state index in [2.05, 4.69) is 49.5 Å². The summed E-state index contributed by atoms with van der Waals surface area (Å²) in [4.78, 5) is 0. The average Bonchev–Trinajstić information content (AvgIpc) is 2.51. The zero-order valence-electron chi connectivity index (χ0n) is 12.6. The summed E-state index contributed by atoms with van der Waals surface area (Å²) < 4.78 is 0. The van der Waals surface area contributed by atoms with Crippen LogP contribution in [0.2, 0.25) is 0 Å². The van der Waals surface area contributed by atoms with Crippen LogP contribution in [0.5, 0.6) is 0 Å². The van der Waals surface area contributed by atoms with Crippen LogP contribution in [0.25, 0.3) is 0 Å². The van der Waals surface area contributed by atoms with E-state index in [-0.39, 0.29) is 5.41 Å². The molecule has 2 aromatic rings. The largest absolute Gasteiger partial charge is 0.378 e. The van der Waals surface area contributed by atoms with Crippen molar-refractivity contribution in [2.75, 3.05) is 5.32 Å². The fourth-order valence-corrected chi connectivity index (χ4v) is 3.20. The van der Waals surface area contributed by atoms with Crippen molar-refractivity contribution >= 4 is 5.69 Å². The Morgan fingerprint density at radius 3 is 2.52 bits per heavy atom. The minimum atomic E-state index is 0.249. The van der Waals surface area contributed by atoms with E-state index in [1.165, 1.54) is 17.5 Å². The molecule has 0 heterocycles. The molecule has 0 radical (unpaired) electrons. The molecule has 0 aromatic heterocycles. The van der Waals surface area contributed by atoms with Crippen LogP contribution < -0.4 is 5.32 Å². The van der Waals surface area contributed by atoms with Gasteiger partial charge in [-0.05, 0) is 53.6 Å². The van der Waals surface area contributed by atoms with E-state index >= 15 is 0 Å². The van der Waals surface area contributed by atoms with Gasteiger partial charge in [0, 0.05) is 5.69 Å². The summed E-state index contributed by atoms with van der Waals surface area (Å²) >= 11 is 0. The highest BCUT2D eigenvalue weighted by Crippen LogP contribution is 2.42. The number of rotatable bonds is 2. The Labute approximate surface area is 126 Å². The lowest BCUT2D eigenvalue weighted by molar-refractivity contribution is 0.406. The molecule has 0 bridgehead atoms. The van der Waals surface area contributed by atoms with E-state index in [1.807, 2.05) is 24.3 Å². The molecule has 2 nitrogen and oxygen atoms in total. The lowest BCUT2D eigenvalue weighted by Crippen LogP contribution is -2.29. The topological polar surface area (TPSA) is 35.8 Å². The fourth-order valence-electron chi connectivity index (χ4n) is 3.20. The monoisotopic (exact) mass is 276 g/mol. The Bertz CT molecular complexity index is 677. The van der Waals surface area contributed by atoms with Crippen molar-refractivity contribution in [1.29, 1.82) is 5.26 Å². The zero-order valence-corrected chi connectivity index (χ0v) is 12.6. The van der Waals surface area contributed by atoms with Crippen LogP contribution in [0.4, 0.5) is 5.69 Å². The Morgan fingerprint density at radius 2 is 1.81 bits per heavy atom. The normalized spacial score (nSPS) is 19.4. The van der Waals surface area contributed by atoms with Gasteiger partial charge in [-0.3, -0.25) is 0 Å². The minimum absolute atomic E-state index is 0.249. The Balaban J connectivity index is 1.88. The van der Waals surface area contributed by atoms with E-state index in [1.54, 1.807) is 0 Å². The SMILES string of the molecule is CC1(C)CCC(Nc2ccc(C#N)cc2)c2ccccc21. The van der Waals surface area contributed by atoms with Gasteiger partial charge < -0.3 is 5.32 Å². The van der Waals surface area contributed by atoms with Gasteiger partial charge in [-0.2, -0.15) is 5.26 Å². The first kappa shape index (κ1) is 13.7. The van der Waals surface area contributed by atoms with Crippen molar-refractivity contribution in [2.45, 2.75) is 38.1 Å². The second kappa shape index (κ2) is 5.26. The summed E-state index contributed by atoms with van der Waals surface area (Å²) in [6, 6.07) is 18.9. The first-order valence-corrected chi connectivity index (χ1v) is 7.46. The molecule has 1 unspecified atom stereocenters. The van der Waals surface area contributed by atoms with Crippen LogP contribution in [0.3, 0.4) is 0 Å². The van der Waals surface area contributed by atoms with Gasteiger partial charge in [-0.1, -0.05) is 38.1 Å². The molecule has 1 aliphatic rings. The number of fused-ring (bicyclic) bond motifs is 1. The zero-order chi connectivity index (χ0) is 14.9. The van der Waals surface area contributed by atoms with Crippen molar-refractivity contribution in [3.05, 3.63) is 65.2 Å². The molecule has 1 N–H and O–H groups in total. The molecule has 0 fully saturated rings. The maximum atomic E-state index is 8.87. The van der Waals surface area contributed by atoms with Crippen molar-refractivity contribution in [1.82, 2.24) is 0 Å². The molecule has 21 heavy (non-hydrogen) atoms. The molecule has 1 atom stereocenters. The minimum Gasteiger partial charge on any atom is -0.378 e. The summed E-state index contributed by atoms with van der Waals surface area (Å²) in [5.41, 5.74) is 4.87. The molecule has 0 amide bonds. The van der Waals surface area contributed by atoms with E-state index in [0.717, 1.165) is 12.1 Å². The van der Waals surface area contributed by atoms with Crippen LogP contribution in [-0.2, 0) is 5.41 Å². The maximum absolute atomic E-state index is 8.87. The first-order valence-electron chi connectivity index (χ1n) is 7.46. The molecule has 0 saturated heterocycles. The van der Waals surface area contributed by atoms with E-state index < -0.39 is 0 Å². The standard InChI is InChI=1S/C19H20N2/c1-19(2)12-11-18(16-5-3-4-6-17(16)19)21-15-9-7-14(13-20)8-10-15/h3-10,18,21H,11-12H2,1-2H3. The number of hydrogen-bond donors (Lipinski definition) is 1. The van der Waals surface area contributed by atoms with Crippen LogP contribution >= 0.6 is 0 Å². The Hall–Kier alpha value is -2.27. The Morgan fingerprint density at radius 1 is 1.10 bits per heavy atom. The van der Waals surface area contributed by atoms with Crippen molar-refractivity contribution in [2.24, 2.45) is 0 Å². The van der Waals surface area contributed by atoms with Crippen molar-refractivity contribution in [3.8, 4) is 6.07 Å². The number of nitrogens with zero attached hydrogens (tertiary/aromatic N) is 1. The second-order valence-corrected chi connectivity index (χ2v) is 6.40. The number of nitrogens with one attached hydrogen (secondary N) is 1. The number of benzene rings is 2. The fraction of sp³-hybridized carbons (Fsp3) is 0.316. The molecule has 106 valence electrons. The molecular weight excluding hydrogens is 256 g/mol. The van der Waals surface area contributed by atoms with E-state index in [9.17, 15) is 0 Å². The summed E-state index contributed by atoms with van der Waals surface area (Å²) in [5, 5.41) is 12.5. The molecule has 1 aliphatic carbocycles. The number of anilines is 1. The van der Waals surface area contributed by atoms with Gasteiger partial charge in [0.2, 0.25) is 0 Å². The molecule has 0 aliphatic heterocycles. The van der Waals surface area contributed by atoms with Crippen LogP contribution in [0.15, 0.2) is 48.5 Å². The van der Waals surface area contributed by atoms with E-state index in [4.69, 9.17) is 5.26 Å². The lowest BCUT2D eigenvalue weighted by Gasteiger charge is -2.37. The second-order valence-electron chi connectivity index (χ2n) is 6.40. The summed E-state index contributed by atoms with van der Waals surface area (Å²) in [6.45, 7) is 4.65. The van der Waals surface area contributed by atoms with Crippen LogP contribution in [0, 0.1) is 11.3 Å². The maximum Gasteiger partial charge on any atom is 0.0991 e. The molecule has 2 aromatic carbocycles. The summed E-state index contributed by atoms with van der Waals surface area (Å²) in [6.07, 6.45) is 2.31.